The topological polar surface area (TPSA) is 84.7 Å². The van der Waals surface area contributed by atoms with Crippen LogP contribution in [-0.4, -0.2) is 49.2 Å². The van der Waals surface area contributed by atoms with E-state index in [9.17, 15) is 9.59 Å². The molecule has 0 aromatic carbocycles. The summed E-state index contributed by atoms with van der Waals surface area (Å²) in [4.78, 5) is 24.8. The number of nitrogens with one attached hydrogen (secondary N) is 1. The van der Waals surface area contributed by atoms with Crippen molar-refractivity contribution >= 4 is 12.0 Å². The molecule has 6 heteroatoms. The van der Waals surface area contributed by atoms with Crippen LogP contribution in [0.2, 0.25) is 0 Å². The average Bonchev–Trinajstić information content (AvgIpc) is 2.22. The third-order valence-corrected chi connectivity index (χ3v) is 2.72. The molecule has 0 heterocycles. The van der Waals surface area contributed by atoms with Crippen molar-refractivity contribution in [2.75, 3.05) is 20.6 Å². The fraction of sp³-hybridized carbons (Fsp3) is 0.833. The highest BCUT2D eigenvalue weighted by molar-refractivity contribution is 5.84. The highest BCUT2D eigenvalue weighted by Crippen LogP contribution is 2.13. The zero-order valence-electron chi connectivity index (χ0n) is 11.9. The van der Waals surface area contributed by atoms with Crippen LogP contribution in [0.3, 0.4) is 0 Å². The monoisotopic (exact) mass is 259 g/mol. The minimum Gasteiger partial charge on any atom is -0.444 e. The summed E-state index contributed by atoms with van der Waals surface area (Å²) in [5.41, 5.74) is 4.69. The molecule has 0 spiro atoms. The molecule has 3 N–H and O–H groups in total. The van der Waals surface area contributed by atoms with E-state index >= 15 is 0 Å². The maximum atomic E-state index is 11.6. The number of hydrogen-bond acceptors (Lipinski definition) is 4. The minimum absolute atomic E-state index is 0.462. The first kappa shape index (κ1) is 16.7. The molecule has 0 rings (SSSR count). The van der Waals surface area contributed by atoms with Gasteiger partial charge in [0.1, 0.15) is 11.6 Å². The van der Waals surface area contributed by atoms with Crippen molar-refractivity contribution < 1.29 is 14.3 Å². The standard InChI is InChI=1S/C12H25N3O3/c1-6-12(2,3)18-11(17)14-9(10(13)16)7-8-15(4)5/h9H,6-8H2,1-5H3,(H2,13,16)(H,14,17)/t9-/m0/s1. The Hall–Kier alpha value is -1.30. The molecular formula is C12H25N3O3. The van der Waals surface area contributed by atoms with Crippen LogP contribution in [0.25, 0.3) is 0 Å². The average molecular weight is 259 g/mol. The van der Waals surface area contributed by atoms with Crippen LogP contribution in [0.5, 0.6) is 0 Å². The number of ether oxygens (including phenoxy) is 1. The predicted molar refractivity (Wildman–Crippen MR) is 70.1 cm³/mol. The second kappa shape index (κ2) is 7.20. The summed E-state index contributed by atoms with van der Waals surface area (Å²) in [5, 5.41) is 2.50. The second-order valence-electron chi connectivity index (χ2n) is 5.19. The van der Waals surface area contributed by atoms with Gasteiger partial charge in [-0.15, -0.1) is 0 Å². The Morgan fingerprint density at radius 3 is 2.33 bits per heavy atom. The molecule has 0 saturated heterocycles. The summed E-state index contributed by atoms with van der Waals surface area (Å²) in [7, 11) is 3.77. The van der Waals surface area contributed by atoms with E-state index in [1.165, 1.54) is 0 Å². The van der Waals surface area contributed by atoms with Gasteiger partial charge in [-0.2, -0.15) is 0 Å². The minimum atomic E-state index is -0.701. The lowest BCUT2D eigenvalue weighted by Gasteiger charge is -2.25. The molecule has 18 heavy (non-hydrogen) atoms. The van der Waals surface area contributed by atoms with Crippen molar-refractivity contribution in [1.82, 2.24) is 10.2 Å². The van der Waals surface area contributed by atoms with Crippen molar-refractivity contribution in [3.05, 3.63) is 0 Å². The lowest BCUT2D eigenvalue weighted by molar-refractivity contribution is -0.120. The van der Waals surface area contributed by atoms with Crippen LogP contribution >= 0.6 is 0 Å². The highest BCUT2D eigenvalue weighted by atomic mass is 16.6. The fourth-order valence-electron chi connectivity index (χ4n) is 1.17. The lowest BCUT2D eigenvalue weighted by atomic mass is 10.1. The van der Waals surface area contributed by atoms with Crippen molar-refractivity contribution in [3.63, 3.8) is 0 Å². The van der Waals surface area contributed by atoms with E-state index in [1.54, 1.807) is 0 Å². The van der Waals surface area contributed by atoms with Crippen molar-refractivity contribution in [3.8, 4) is 0 Å². The molecule has 6 nitrogen and oxygen atoms in total. The number of nitrogens with two attached hydrogens (primary N) is 1. The summed E-state index contributed by atoms with van der Waals surface area (Å²) >= 11 is 0. The second-order valence-corrected chi connectivity index (χ2v) is 5.19. The van der Waals surface area contributed by atoms with Gasteiger partial charge >= 0.3 is 6.09 Å². The van der Waals surface area contributed by atoms with Gasteiger partial charge in [0.05, 0.1) is 0 Å². The van der Waals surface area contributed by atoms with Crippen LogP contribution < -0.4 is 11.1 Å². The molecule has 0 radical (unpaired) electrons. The third-order valence-electron chi connectivity index (χ3n) is 2.72. The van der Waals surface area contributed by atoms with Gasteiger partial charge in [-0.25, -0.2) is 4.79 Å². The van der Waals surface area contributed by atoms with E-state index in [1.807, 2.05) is 39.8 Å². The van der Waals surface area contributed by atoms with Gasteiger partial charge in [0, 0.05) is 0 Å². The van der Waals surface area contributed by atoms with E-state index in [4.69, 9.17) is 10.5 Å². The number of carbonyl (C=O) groups excluding carboxylic acids is 2. The third kappa shape index (κ3) is 7.11. The lowest BCUT2D eigenvalue weighted by Crippen LogP contribution is -2.47. The SMILES string of the molecule is CCC(C)(C)OC(=O)N[C@@H](CCN(C)C)C(N)=O. The van der Waals surface area contributed by atoms with Crippen LogP contribution in [0, 0.1) is 0 Å². The number of carbonyl (C=O) groups is 2. The molecule has 0 bridgehead atoms. The van der Waals surface area contributed by atoms with Crippen LogP contribution in [0.4, 0.5) is 4.79 Å². The Bertz CT molecular complexity index is 290. The summed E-state index contributed by atoms with van der Waals surface area (Å²) < 4.78 is 5.20. The molecule has 106 valence electrons. The number of hydrogen-bond donors (Lipinski definition) is 2. The van der Waals surface area contributed by atoms with Gasteiger partial charge in [0.15, 0.2) is 0 Å². The quantitative estimate of drug-likeness (QED) is 0.705. The van der Waals surface area contributed by atoms with Crippen LogP contribution in [-0.2, 0) is 9.53 Å². The predicted octanol–water partition coefficient (Wildman–Crippen LogP) is 0.707. The van der Waals surface area contributed by atoms with Crippen molar-refractivity contribution in [2.24, 2.45) is 5.73 Å². The summed E-state index contributed by atoms with van der Waals surface area (Å²) in [6, 6.07) is -0.701. The Kier molecular flexibility index (Phi) is 6.68. The molecule has 0 aromatic heterocycles. The van der Waals surface area contributed by atoms with E-state index in [-0.39, 0.29) is 0 Å². The first-order valence-corrected chi connectivity index (χ1v) is 6.11. The number of primary amides is 1. The maximum absolute atomic E-state index is 11.6. The molecule has 0 saturated carbocycles. The molecule has 0 aliphatic heterocycles. The largest absolute Gasteiger partial charge is 0.444 e. The molecule has 0 aliphatic carbocycles. The van der Waals surface area contributed by atoms with Crippen LogP contribution in [0.15, 0.2) is 0 Å². The first-order chi connectivity index (χ1) is 8.18. The zero-order chi connectivity index (χ0) is 14.3. The Morgan fingerprint density at radius 2 is 1.94 bits per heavy atom. The first-order valence-electron chi connectivity index (χ1n) is 6.11. The van der Waals surface area contributed by atoms with Gasteiger partial charge < -0.3 is 20.7 Å². The number of alkyl carbamates (subject to hydrolysis) is 1. The highest BCUT2D eigenvalue weighted by Gasteiger charge is 2.24. The Balaban J connectivity index is 4.33. The molecule has 2 amide bonds. The molecule has 1 atom stereocenters. The van der Waals surface area contributed by atoms with Crippen LogP contribution in [0.1, 0.15) is 33.6 Å². The van der Waals surface area contributed by atoms with Gasteiger partial charge in [-0.05, 0) is 47.3 Å². The number of amides is 2. The normalized spacial score (nSPS) is 13.2. The Labute approximate surface area is 109 Å². The van der Waals surface area contributed by atoms with Crippen molar-refractivity contribution in [2.45, 2.75) is 45.3 Å². The fourth-order valence-corrected chi connectivity index (χ4v) is 1.17. The van der Waals surface area contributed by atoms with Gasteiger partial charge in [0.25, 0.3) is 0 Å². The van der Waals surface area contributed by atoms with E-state index < -0.39 is 23.6 Å². The molecule has 0 fully saturated rings. The molecule has 0 aromatic rings. The maximum Gasteiger partial charge on any atom is 0.408 e. The Morgan fingerprint density at radius 1 is 1.39 bits per heavy atom. The van der Waals surface area contributed by atoms with Crippen molar-refractivity contribution in [1.29, 1.82) is 0 Å². The number of nitrogens with zero attached hydrogens (tertiary/aromatic N) is 1. The smallest absolute Gasteiger partial charge is 0.408 e. The molecular weight excluding hydrogens is 234 g/mol. The molecule has 0 unspecified atom stereocenters. The summed E-state index contributed by atoms with van der Waals surface area (Å²) in [5.74, 6) is -0.553. The summed E-state index contributed by atoms with van der Waals surface area (Å²) in [6.45, 7) is 6.20. The molecule has 0 aliphatic rings. The van der Waals surface area contributed by atoms with Gasteiger partial charge in [-0.1, -0.05) is 6.92 Å². The summed E-state index contributed by atoms with van der Waals surface area (Å²) in [6.07, 6.45) is 0.549. The zero-order valence-corrected chi connectivity index (χ0v) is 11.9. The van der Waals surface area contributed by atoms with Gasteiger partial charge in [0.2, 0.25) is 5.91 Å². The number of rotatable bonds is 7. The van der Waals surface area contributed by atoms with E-state index in [0.29, 0.717) is 19.4 Å². The van der Waals surface area contributed by atoms with E-state index in [2.05, 4.69) is 5.32 Å². The van der Waals surface area contributed by atoms with E-state index in [0.717, 1.165) is 0 Å². The van der Waals surface area contributed by atoms with Gasteiger partial charge in [-0.3, -0.25) is 4.79 Å².